The molecule has 1 aromatic carbocycles. The van der Waals surface area contributed by atoms with Gasteiger partial charge in [0.2, 0.25) is 0 Å². The Labute approximate surface area is 83.8 Å². The van der Waals surface area contributed by atoms with Crippen LogP contribution in [0.2, 0.25) is 0 Å². The zero-order valence-corrected chi connectivity index (χ0v) is 8.66. The molecule has 0 radical (unpaired) electrons. The molecular formula is C11H15NO2. The quantitative estimate of drug-likeness (QED) is 0.749. The molecular weight excluding hydrogens is 178 g/mol. The molecule has 76 valence electrons. The molecule has 0 saturated heterocycles. The standard InChI is InChI=1S/C11H15NO2/c1-7-4-8(2)6-10(5-7)12-11(14)9(3)13/h4-6,9,13H,1-3H3,(H,12,14). The number of amides is 1. The highest BCUT2D eigenvalue weighted by atomic mass is 16.3. The fourth-order valence-electron chi connectivity index (χ4n) is 1.29. The Morgan fingerprint density at radius 3 is 2.21 bits per heavy atom. The molecule has 3 heteroatoms. The van der Waals surface area contributed by atoms with Gasteiger partial charge >= 0.3 is 0 Å². The van der Waals surface area contributed by atoms with Crippen molar-refractivity contribution in [3.8, 4) is 0 Å². The van der Waals surface area contributed by atoms with E-state index in [1.54, 1.807) is 0 Å². The number of benzene rings is 1. The van der Waals surface area contributed by atoms with Gasteiger partial charge in [-0.1, -0.05) is 6.07 Å². The lowest BCUT2D eigenvalue weighted by atomic mass is 10.1. The number of aliphatic hydroxyl groups excluding tert-OH is 1. The smallest absolute Gasteiger partial charge is 0.252 e. The molecule has 0 aliphatic carbocycles. The molecule has 1 unspecified atom stereocenters. The van der Waals surface area contributed by atoms with Gasteiger partial charge in [0, 0.05) is 5.69 Å². The maximum absolute atomic E-state index is 11.2. The molecule has 2 N–H and O–H groups in total. The summed E-state index contributed by atoms with van der Waals surface area (Å²) in [6.07, 6.45) is -0.976. The van der Waals surface area contributed by atoms with Crippen LogP contribution < -0.4 is 5.32 Å². The second-order valence-electron chi connectivity index (χ2n) is 3.54. The van der Waals surface area contributed by atoms with E-state index in [-0.39, 0.29) is 5.91 Å². The van der Waals surface area contributed by atoms with Crippen LogP contribution in [0, 0.1) is 13.8 Å². The van der Waals surface area contributed by atoms with E-state index < -0.39 is 6.10 Å². The largest absolute Gasteiger partial charge is 0.384 e. The fourth-order valence-corrected chi connectivity index (χ4v) is 1.29. The molecule has 0 aliphatic heterocycles. The Balaban J connectivity index is 2.82. The van der Waals surface area contributed by atoms with Crippen LogP contribution in [0.1, 0.15) is 18.1 Å². The van der Waals surface area contributed by atoms with Gasteiger partial charge in [0.1, 0.15) is 6.10 Å². The van der Waals surface area contributed by atoms with Gasteiger partial charge in [-0.05, 0) is 44.0 Å². The Morgan fingerprint density at radius 2 is 1.79 bits per heavy atom. The molecule has 0 fully saturated rings. The molecule has 0 spiro atoms. The Kier molecular flexibility index (Phi) is 3.25. The van der Waals surface area contributed by atoms with Crippen LogP contribution in [0.3, 0.4) is 0 Å². The first kappa shape index (κ1) is 10.7. The van der Waals surface area contributed by atoms with E-state index in [9.17, 15) is 4.79 Å². The highest BCUT2D eigenvalue weighted by Gasteiger charge is 2.08. The van der Waals surface area contributed by atoms with E-state index in [1.807, 2.05) is 32.0 Å². The minimum atomic E-state index is -0.976. The molecule has 14 heavy (non-hydrogen) atoms. The van der Waals surface area contributed by atoms with Crippen molar-refractivity contribution >= 4 is 11.6 Å². The molecule has 1 amide bonds. The summed E-state index contributed by atoms with van der Waals surface area (Å²) in [7, 11) is 0. The zero-order chi connectivity index (χ0) is 10.7. The van der Waals surface area contributed by atoms with Crippen LogP contribution >= 0.6 is 0 Å². The Hall–Kier alpha value is -1.35. The summed E-state index contributed by atoms with van der Waals surface area (Å²) in [6.45, 7) is 5.37. The predicted molar refractivity (Wildman–Crippen MR) is 56.2 cm³/mol. The predicted octanol–water partition coefficient (Wildman–Crippen LogP) is 1.62. The van der Waals surface area contributed by atoms with Crippen LogP contribution in [0.4, 0.5) is 5.69 Å². The van der Waals surface area contributed by atoms with E-state index in [2.05, 4.69) is 5.32 Å². The number of nitrogens with one attached hydrogen (secondary N) is 1. The van der Waals surface area contributed by atoms with Gasteiger partial charge in [-0.3, -0.25) is 4.79 Å². The van der Waals surface area contributed by atoms with Gasteiger partial charge in [-0.2, -0.15) is 0 Å². The molecule has 0 heterocycles. The van der Waals surface area contributed by atoms with Crippen molar-refractivity contribution in [2.75, 3.05) is 5.32 Å². The summed E-state index contributed by atoms with van der Waals surface area (Å²) in [5, 5.41) is 11.6. The number of carbonyl (C=O) groups is 1. The summed E-state index contributed by atoms with van der Waals surface area (Å²) < 4.78 is 0. The highest BCUT2D eigenvalue weighted by Crippen LogP contribution is 2.13. The van der Waals surface area contributed by atoms with E-state index in [0.29, 0.717) is 0 Å². The second kappa shape index (κ2) is 4.24. The lowest BCUT2D eigenvalue weighted by Gasteiger charge is -2.08. The maximum atomic E-state index is 11.2. The zero-order valence-electron chi connectivity index (χ0n) is 8.66. The number of aryl methyl sites for hydroxylation is 2. The van der Waals surface area contributed by atoms with Gasteiger partial charge in [0.15, 0.2) is 0 Å². The number of aliphatic hydroxyl groups is 1. The van der Waals surface area contributed by atoms with Crippen molar-refractivity contribution in [1.29, 1.82) is 0 Å². The summed E-state index contributed by atoms with van der Waals surface area (Å²) in [6, 6.07) is 5.76. The topological polar surface area (TPSA) is 49.3 Å². The van der Waals surface area contributed by atoms with E-state index in [0.717, 1.165) is 16.8 Å². The second-order valence-corrected chi connectivity index (χ2v) is 3.54. The van der Waals surface area contributed by atoms with Crippen LogP contribution in [0.5, 0.6) is 0 Å². The van der Waals surface area contributed by atoms with Crippen LogP contribution in [0.25, 0.3) is 0 Å². The molecule has 1 aromatic rings. The van der Waals surface area contributed by atoms with E-state index in [1.165, 1.54) is 6.92 Å². The van der Waals surface area contributed by atoms with Gasteiger partial charge < -0.3 is 10.4 Å². The molecule has 3 nitrogen and oxygen atoms in total. The first-order chi connectivity index (χ1) is 6.49. The van der Waals surface area contributed by atoms with Crippen LogP contribution in [0.15, 0.2) is 18.2 Å². The monoisotopic (exact) mass is 193 g/mol. The molecule has 0 aromatic heterocycles. The van der Waals surface area contributed by atoms with Crippen molar-refractivity contribution in [3.63, 3.8) is 0 Å². The molecule has 0 saturated carbocycles. The van der Waals surface area contributed by atoms with E-state index >= 15 is 0 Å². The minimum absolute atomic E-state index is 0.380. The van der Waals surface area contributed by atoms with E-state index in [4.69, 9.17) is 5.11 Å². The van der Waals surface area contributed by atoms with Gasteiger partial charge in [0.05, 0.1) is 0 Å². The molecule has 1 atom stereocenters. The lowest BCUT2D eigenvalue weighted by molar-refractivity contribution is -0.123. The third kappa shape index (κ3) is 2.85. The van der Waals surface area contributed by atoms with Gasteiger partial charge in [-0.15, -0.1) is 0 Å². The average molecular weight is 193 g/mol. The SMILES string of the molecule is Cc1cc(C)cc(NC(=O)C(C)O)c1. The first-order valence-electron chi connectivity index (χ1n) is 4.56. The Bertz CT molecular complexity index is 325. The highest BCUT2D eigenvalue weighted by molar-refractivity contribution is 5.93. The maximum Gasteiger partial charge on any atom is 0.252 e. The first-order valence-corrected chi connectivity index (χ1v) is 4.56. The minimum Gasteiger partial charge on any atom is -0.384 e. The van der Waals surface area contributed by atoms with Crippen molar-refractivity contribution in [2.24, 2.45) is 0 Å². The number of hydrogen-bond acceptors (Lipinski definition) is 2. The number of anilines is 1. The third-order valence-electron chi connectivity index (χ3n) is 1.87. The van der Waals surface area contributed by atoms with Crippen molar-refractivity contribution < 1.29 is 9.90 Å². The molecule has 0 bridgehead atoms. The van der Waals surface area contributed by atoms with Gasteiger partial charge in [0.25, 0.3) is 5.91 Å². The number of carbonyl (C=O) groups excluding carboxylic acids is 1. The summed E-state index contributed by atoms with van der Waals surface area (Å²) >= 11 is 0. The summed E-state index contributed by atoms with van der Waals surface area (Å²) in [4.78, 5) is 11.2. The number of rotatable bonds is 2. The molecule has 1 rings (SSSR count). The van der Waals surface area contributed by atoms with Crippen LogP contribution in [-0.4, -0.2) is 17.1 Å². The van der Waals surface area contributed by atoms with Gasteiger partial charge in [-0.25, -0.2) is 0 Å². The van der Waals surface area contributed by atoms with Crippen LogP contribution in [-0.2, 0) is 4.79 Å². The normalized spacial score (nSPS) is 12.3. The van der Waals surface area contributed by atoms with Crippen molar-refractivity contribution in [2.45, 2.75) is 26.9 Å². The Morgan fingerprint density at radius 1 is 1.29 bits per heavy atom. The van der Waals surface area contributed by atoms with Crippen molar-refractivity contribution in [1.82, 2.24) is 0 Å². The number of hydrogen-bond donors (Lipinski definition) is 2. The molecule has 0 aliphatic rings. The third-order valence-corrected chi connectivity index (χ3v) is 1.87. The fraction of sp³-hybridized carbons (Fsp3) is 0.364. The summed E-state index contributed by atoms with van der Waals surface area (Å²) in [5.41, 5.74) is 2.91. The van der Waals surface area contributed by atoms with Crippen molar-refractivity contribution in [3.05, 3.63) is 29.3 Å². The lowest BCUT2D eigenvalue weighted by Crippen LogP contribution is -2.24. The average Bonchev–Trinajstić information content (AvgIpc) is 2.01. The summed E-state index contributed by atoms with van der Waals surface area (Å²) in [5.74, 6) is -0.380.